The maximum Gasteiger partial charge on any atom is 0.0393 e. The molecule has 0 spiro atoms. The Morgan fingerprint density at radius 3 is 2.50 bits per heavy atom. The third-order valence-corrected chi connectivity index (χ3v) is 1.99. The summed E-state index contributed by atoms with van der Waals surface area (Å²) in [6, 6.07) is 6.31. The van der Waals surface area contributed by atoms with E-state index in [4.69, 9.17) is 5.73 Å². The van der Waals surface area contributed by atoms with Crippen molar-refractivity contribution >= 4 is 5.69 Å². The van der Waals surface area contributed by atoms with Crippen molar-refractivity contribution in [3.63, 3.8) is 0 Å². The van der Waals surface area contributed by atoms with Crippen LogP contribution in [0.3, 0.4) is 0 Å². The van der Waals surface area contributed by atoms with Crippen LogP contribution in [0.5, 0.6) is 0 Å². The van der Waals surface area contributed by atoms with E-state index >= 15 is 0 Å². The second-order valence-electron chi connectivity index (χ2n) is 3.22. The zero-order chi connectivity index (χ0) is 9.14. The molecule has 0 radical (unpaired) electrons. The molecular weight excluding hydrogens is 148 g/mol. The molecule has 0 amide bonds. The topological polar surface area (TPSA) is 29.3 Å². The van der Waals surface area contributed by atoms with Gasteiger partial charge in [0.1, 0.15) is 0 Å². The summed E-state index contributed by atoms with van der Waals surface area (Å²) in [5.41, 5.74) is 9.27. The maximum atomic E-state index is 5.55. The third-order valence-electron chi connectivity index (χ3n) is 1.99. The molecule has 0 aromatic heterocycles. The Labute approximate surface area is 74.0 Å². The van der Waals surface area contributed by atoms with Crippen molar-refractivity contribution in [2.75, 3.05) is 19.0 Å². The molecule has 1 aromatic rings. The van der Waals surface area contributed by atoms with Gasteiger partial charge < -0.3 is 10.6 Å². The minimum absolute atomic E-state index is 0.612. The van der Waals surface area contributed by atoms with Crippen LogP contribution in [-0.4, -0.2) is 14.1 Å². The maximum absolute atomic E-state index is 5.55. The fourth-order valence-electron chi connectivity index (χ4n) is 1.26. The largest absolute Gasteiger partial charge is 0.377 e. The minimum atomic E-state index is 0.612. The van der Waals surface area contributed by atoms with Gasteiger partial charge in [-0.05, 0) is 24.1 Å². The average molecular weight is 164 g/mol. The molecule has 0 aliphatic heterocycles. The standard InChI is InChI=1S/C10H16N2/c1-8-4-5-9(7-11)6-10(8)12(2)3/h4-6H,7,11H2,1-3H3. The lowest BCUT2D eigenvalue weighted by Gasteiger charge is -2.16. The van der Waals surface area contributed by atoms with E-state index in [0.717, 1.165) is 0 Å². The van der Waals surface area contributed by atoms with E-state index in [2.05, 4.69) is 30.0 Å². The molecule has 0 aliphatic rings. The van der Waals surface area contributed by atoms with Gasteiger partial charge in [-0.25, -0.2) is 0 Å². The van der Waals surface area contributed by atoms with Gasteiger partial charge in [0.25, 0.3) is 0 Å². The Bertz CT molecular complexity index is 267. The number of nitrogens with two attached hydrogens (primary N) is 1. The van der Waals surface area contributed by atoms with E-state index in [9.17, 15) is 0 Å². The highest BCUT2D eigenvalue weighted by Gasteiger charge is 2.00. The van der Waals surface area contributed by atoms with E-state index in [1.165, 1.54) is 16.8 Å². The molecular formula is C10H16N2. The van der Waals surface area contributed by atoms with Crippen LogP contribution in [-0.2, 0) is 6.54 Å². The molecule has 2 N–H and O–H groups in total. The van der Waals surface area contributed by atoms with Gasteiger partial charge in [0.2, 0.25) is 0 Å². The zero-order valence-corrected chi connectivity index (χ0v) is 7.96. The summed E-state index contributed by atoms with van der Waals surface area (Å²) in [6.07, 6.45) is 0. The van der Waals surface area contributed by atoms with Gasteiger partial charge >= 0.3 is 0 Å². The van der Waals surface area contributed by atoms with Crippen molar-refractivity contribution in [2.24, 2.45) is 5.73 Å². The Morgan fingerprint density at radius 2 is 2.00 bits per heavy atom. The summed E-state index contributed by atoms with van der Waals surface area (Å²) in [4.78, 5) is 2.11. The number of benzene rings is 1. The quantitative estimate of drug-likeness (QED) is 0.718. The molecule has 0 unspecified atom stereocenters. The lowest BCUT2D eigenvalue weighted by atomic mass is 10.1. The Balaban J connectivity index is 3.08. The minimum Gasteiger partial charge on any atom is -0.377 e. The highest BCUT2D eigenvalue weighted by atomic mass is 15.1. The molecule has 0 saturated carbocycles. The molecule has 0 atom stereocenters. The normalized spacial score (nSPS) is 10.0. The van der Waals surface area contributed by atoms with Gasteiger partial charge in [0, 0.05) is 26.3 Å². The molecule has 0 aliphatic carbocycles. The predicted molar refractivity (Wildman–Crippen MR) is 53.4 cm³/mol. The molecule has 0 bridgehead atoms. The lowest BCUT2D eigenvalue weighted by Crippen LogP contribution is -2.11. The van der Waals surface area contributed by atoms with Crippen LogP contribution in [0.2, 0.25) is 0 Å². The lowest BCUT2D eigenvalue weighted by molar-refractivity contribution is 1.05. The van der Waals surface area contributed by atoms with Crippen LogP contribution < -0.4 is 10.6 Å². The molecule has 2 heteroatoms. The van der Waals surface area contributed by atoms with Crippen molar-refractivity contribution in [3.8, 4) is 0 Å². The smallest absolute Gasteiger partial charge is 0.0393 e. The molecule has 66 valence electrons. The second-order valence-corrected chi connectivity index (χ2v) is 3.22. The monoisotopic (exact) mass is 164 g/mol. The number of anilines is 1. The van der Waals surface area contributed by atoms with E-state index < -0.39 is 0 Å². The predicted octanol–water partition coefficient (Wildman–Crippen LogP) is 1.52. The molecule has 0 saturated heterocycles. The summed E-state index contributed by atoms with van der Waals surface area (Å²) in [5.74, 6) is 0. The first-order chi connectivity index (χ1) is 5.65. The average Bonchev–Trinajstić information content (AvgIpc) is 2.05. The third kappa shape index (κ3) is 1.77. The molecule has 2 nitrogen and oxygen atoms in total. The van der Waals surface area contributed by atoms with Gasteiger partial charge in [-0.1, -0.05) is 12.1 Å². The van der Waals surface area contributed by atoms with E-state index in [1.54, 1.807) is 0 Å². The van der Waals surface area contributed by atoms with E-state index in [-0.39, 0.29) is 0 Å². The fraction of sp³-hybridized carbons (Fsp3) is 0.400. The summed E-state index contributed by atoms with van der Waals surface area (Å²) in [5, 5.41) is 0. The van der Waals surface area contributed by atoms with Crippen molar-refractivity contribution in [1.82, 2.24) is 0 Å². The van der Waals surface area contributed by atoms with Gasteiger partial charge in [-0.3, -0.25) is 0 Å². The van der Waals surface area contributed by atoms with Gasteiger partial charge in [-0.15, -0.1) is 0 Å². The number of hydrogen-bond acceptors (Lipinski definition) is 2. The summed E-state index contributed by atoms with van der Waals surface area (Å²) in [6.45, 7) is 2.72. The highest BCUT2D eigenvalue weighted by Crippen LogP contribution is 2.18. The number of hydrogen-bond donors (Lipinski definition) is 1. The molecule has 1 aromatic carbocycles. The van der Waals surface area contributed by atoms with Crippen molar-refractivity contribution in [3.05, 3.63) is 29.3 Å². The van der Waals surface area contributed by atoms with Crippen molar-refractivity contribution < 1.29 is 0 Å². The van der Waals surface area contributed by atoms with Crippen LogP contribution in [0.15, 0.2) is 18.2 Å². The van der Waals surface area contributed by atoms with Crippen LogP contribution in [0.1, 0.15) is 11.1 Å². The first-order valence-corrected chi connectivity index (χ1v) is 4.12. The first kappa shape index (κ1) is 9.07. The summed E-state index contributed by atoms with van der Waals surface area (Å²) >= 11 is 0. The second kappa shape index (κ2) is 3.59. The molecule has 0 fully saturated rings. The Hall–Kier alpha value is -1.02. The Kier molecular flexibility index (Phi) is 2.71. The van der Waals surface area contributed by atoms with Gasteiger partial charge in [0.15, 0.2) is 0 Å². The van der Waals surface area contributed by atoms with Gasteiger partial charge in [0.05, 0.1) is 0 Å². The molecule has 0 heterocycles. The van der Waals surface area contributed by atoms with Crippen LogP contribution >= 0.6 is 0 Å². The first-order valence-electron chi connectivity index (χ1n) is 4.12. The van der Waals surface area contributed by atoms with Crippen LogP contribution in [0, 0.1) is 6.92 Å². The van der Waals surface area contributed by atoms with E-state index in [1.807, 2.05) is 14.1 Å². The fourth-order valence-corrected chi connectivity index (χ4v) is 1.26. The van der Waals surface area contributed by atoms with Crippen LogP contribution in [0.4, 0.5) is 5.69 Å². The van der Waals surface area contributed by atoms with Crippen molar-refractivity contribution in [1.29, 1.82) is 0 Å². The molecule has 1 rings (SSSR count). The Morgan fingerprint density at radius 1 is 1.33 bits per heavy atom. The van der Waals surface area contributed by atoms with Gasteiger partial charge in [-0.2, -0.15) is 0 Å². The number of aryl methyl sites for hydroxylation is 1. The number of rotatable bonds is 2. The zero-order valence-electron chi connectivity index (χ0n) is 7.96. The van der Waals surface area contributed by atoms with Crippen LogP contribution in [0.25, 0.3) is 0 Å². The number of nitrogens with zero attached hydrogens (tertiary/aromatic N) is 1. The molecule has 12 heavy (non-hydrogen) atoms. The highest BCUT2D eigenvalue weighted by molar-refractivity contribution is 5.53. The SMILES string of the molecule is Cc1ccc(CN)cc1N(C)C. The summed E-state index contributed by atoms with van der Waals surface area (Å²) < 4.78 is 0. The van der Waals surface area contributed by atoms with E-state index in [0.29, 0.717) is 6.54 Å². The van der Waals surface area contributed by atoms with Crippen molar-refractivity contribution in [2.45, 2.75) is 13.5 Å². The summed E-state index contributed by atoms with van der Waals surface area (Å²) in [7, 11) is 4.09.